The van der Waals surface area contributed by atoms with E-state index in [0.29, 0.717) is 0 Å². The van der Waals surface area contributed by atoms with Gasteiger partial charge in [-0.2, -0.15) is 0 Å². The van der Waals surface area contributed by atoms with E-state index < -0.39 is 0 Å². The van der Waals surface area contributed by atoms with Gasteiger partial charge in [-0.1, -0.05) is 26.0 Å². The Morgan fingerprint density at radius 2 is 1.90 bits per heavy atom. The fourth-order valence-corrected chi connectivity index (χ4v) is 2.73. The van der Waals surface area contributed by atoms with Crippen molar-refractivity contribution in [3.63, 3.8) is 0 Å². The number of hydrogen-bond donors (Lipinski definition) is 1. The molecular weight excluding hydrogens is 265 g/mol. The van der Waals surface area contributed by atoms with Crippen molar-refractivity contribution >= 4 is 0 Å². The first-order valence-electron chi connectivity index (χ1n) is 7.89. The van der Waals surface area contributed by atoms with Crippen LogP contribution in [-0.2, 0) is 0 Å². The molecule has 0 spiro atoms. The van der Waals surface area contributed by atoms with E-state index in [1.807, 2.05) is 6.07 Å². The van der Waals surface area contributed by atoms with Crippen LogP contribution >= 0.6 is 0 Å². The van der Waals surface area contributed by atoms with Crippen molar-refractivity contribution < 1.29 is 4.39 Å². The van der Waals surface area contributed by atoms with Gasteiger partial charge in [0.2, 0.25) is 0 Å². The summed E-state index contributed by atoms with van der Waals surface area (Å²) >= 11 is 0. The van der Waals surface area contributed by atoms with Gasteiger partial charge in [-0.15, -0.1) is 0 Å². The summed E-state index contributed by atoms with van der Waals surface area (Å²) in [6.45, 7) is 7.18. The fourth-order valence-electron chi connectivity index (χ4n) is 2.73. The summed E-state index contributed by atoms with van der Waals surface area (Å²) in [6.07, 6.45) is 1.97. The third kappa shape index (κ3) is 5.73. The van der Waals surface area contributed by atoms with Gasteiger partial charge in [0, 0.05) is 18.6 Å². The molecule has 0 aliphatic carbocycles. The molecule has 3 nitrogen and oxygen atoms in total. The minimum Gasteiger partial charge on any atom is -0.326 e. The van der Waals surface area contributed by atoms with Crippen molar-refractivity contribution in [2.24, 2.45) is 5.73 Å². The molecule has 0 radical (unpaired) electrons. The van der Waals surface area contributed by atoms with E-state index in [9.17, 15) is 4.39 Å². The number of hydrogen-bond acceptors (Lipinski definition) is 3. The first-order valence-corrected chi connectivity index (χ1v) is 7.89. The Balaban J connectivity index is 2.88. The number of nitrogens with two attached hydrogens (primary N) is 1. The van der Waals surface area contributed by atoms with E-state index in [1.165, 1.54) is 6.07 Å². The lowest BCUT2D eigenvalue weighted by Gasteiger charge is -2.35. The maximum atomic E-state index is 13.6. The third-order valence-electron chi connectivity index (χ3n) is 3.92. The van der Waals surface area contributed by atoms with Crippen molar-refractivity contribution in [1.29, 1.82) is 0 Å². The molecule has 21 heavy (non-hydrogen) atoms. The predicted molar refractivity (Wildman–Crippen MR) is 87.8 cm³/mol. The van der Waals surface area contributed by atoms with Crippen LogP contribution in [0.4, 0.5) is 4.39 Å². The Kier molecular flexibility index (Phi) is 7.86. The van der Waals surface area contributed by atoms with Gasteiger partial charge in [-0.3, -0.25) is 4.90 Å². The van der Waals surface area contributed by atoms with Crippen LogP contribution in [-0.4, -0.2) is 49.6 Å². The highest BCUT2D eigenvalue weighted by molar-refractivity contribution is 5.22. The third-order valence-corrected chi connectivity index (χ3v) is 3.92. The van der Waals surface area contributed by atoms with E-state index in [4.69, 9.17) is 5.73 Å². The lowest BCUT2D eigenvalue weighted by atomic mass is 9.96. The molecule has 120 valence electrons. The van der Waals surface area contributed by atoms with E-state index in [-0.39, 0.29) is 17.9 Å². The Labute approximate surface area is 128 Å². The molecule has 0 aliphatic rings. The average molecular weight is 295 g/mol. The van der Waals surface area contributed by atoms with Gasteiger partial charge in [0.1, 0.15) is 5.82 Å². The minimum absolute atomic E-state index is 0.0195. The second kappa shape index (κ2) is 9.13. The topological polar surface area (TPSA) is 32.5 Å². The quantitative estimate of drug-likeness (QED) is 0.760. The number of halogens is 1. The lowest BCUT2D eigenvalue weighted by molar-refractivity contribution is 0.170. The number of nitrogens with zero attached hydrogens (tertiary/aromatic N) is 2. The molecule has 1 aromatic carbocycles. The van der Waals surface area contributed by atoms with Crippen molar-refractivity contribution in [1.82, 2.24) is 9.80 Å². The number of benzene rings is 1. The Morgan fingerprint density at radius 3 is 2.43 bits per heavy atom. The van der Waals surface area contributed by atoms with Gasteiger partial charge in [0.25, 0.3) is 0 Å². The molecule has 1 aromatic rings. The van der Waals surface area contributed by atoms with E-state index in [0.717, 1.165) is 38.0 Å². The molecule has 0 aromatic heterocycles. The zero-order chi connectivity index (χ0) is 15.8. The molecule has 0 aliphatic heterocycles. The standard InChI is InChI=1S/C17H30FN3/c1-5-16(19)17(14-9-7-10-15(18)13-14)21(6-2)12-8-11-20(3)4/h7,9-10,13,16-17H,5-6,8,11-12,19H2,1-4H3. The molecule has 4 heteroatoms. The van der Waals surface area contributed by atoms with Crippen LogP contribution in [0.15, 0.2) is 24.3 Å². The monoisotopic (exact) mass is 295 g/mol. The van der Waals surface area contributed by atoms with Crippen molar-refractivity contribution in [3.8, 4) is 0 Å². The van der Waals surface area contributed by atoms with Gasteiger partial charge in [0.05, 0.1) is 0 Å². The molecule has 0 heterocycles. The average Bonchev–Trinajstić information content (AvgIpc) is 2.45. The molecule has 0 saturated carbocycles. The molecule has 0 fully saturated rings. The van der Waals surface area contributed by atoms with Crippen LogP contribution in [0.3, 0.4) is 0 Å². The predicted octanol–water partition coefficient (Wildman–Crippen LogP) is 2.88. The number of rotatable bonds is 9. The highest BCUT2D eigenvalue weighted by atomic mass is 19.1. The summed E-state index contributed by atoms with van der Waals surface area (Å²) < 4.78 is 13.6. The van der Waals surface area contributed by atoms with E-state index in [2.05, 4.69) is 37.7 Å². The van der Waals surface area contributed by atoms with Crippen LogP contribution in [0, 0.1) is 5.82 Å². The summed E-state index contributed by atoms with van der Waals surface area (Å²) in [7, 11) is 4.16. The van der Waals surface area contributed by atoms with Crippen LogP contribution in [0.1, 0.15) is 38.3 Å². The molecule has 2 atom stereocenters. The summed E-state index contributed by atoms with van der Waals surface area (Å²) in [5, 5.41) is 0. The normalized spacial score (nSPS) is 14.7. The second-order valence-electron chi connectivity index (χ2n) is 5.86. The highest BCUT2D eigenvalue weighted by Crippen LogP contribution is 2.25. The van der Waals surface area contributed by atoms with E-state index >= 15 is 0 Å². The molecule has 0 amide bonds. The van der Waals surface area contributed by atoms with Crippen molar-refractivity contribution in [2.75, 3.05) is 33.7 Å². The molecule has 0 saturated heterocycles. The SMILES string of the molecule is CCC(N)C(c1cccc(F)c1)N(CC)CCCN(C)C. The van der Waals surface area contributed by atoms with Gasteiger partial charge in [-0.25, -0.2) is 4.39 Å². The number of likely N-dealkylation sites (N-methyl/N-ethyl adjacent to an activating group) is 1. The van der Waals surface area contributed by atoms with E-state index in [1.54, 1.807) is 12.1 Å². The Morgan fingerprint density at radius 1 is 1.19 bits per heavy atom. The molecule has 0 bridgehead atoms. The molecule has 2 N–H and O–H groups in total. The summed E-state index contributed by atoms with van der Waals surface area (Å²) in [6, 6.07) is 6.96. The Bertz CT molecular complexity index is 409. The molecule has 2 unspecified atom stereocenters. The first-order chi connectivity index (χ1) is 9.99. The molecular formula is C17H30FN3. The highest BCUT2D eigenvalue weighted by Gasteiger charge is 2.24. The van der Waals surface area contributed by atoms with Gasteiger partial charge in [0.15, 0.2) is 0 Å². The first kappa shape index (κ1) is 18.1. The van der Waals surface area contributed by atoms with Crippen molar-refractivity contribution in [2.45, 2.75) is 38.8 Å². The van der Waals surface area contributed by atoms with Crippen LogP contribution in [0.2, 0.25) is 0 Å². The second-order valence-corrected chi connectivity index (χ2v) is 5.86. The van der Waals surface area contributed by atoms with Gasteiger partial charge in [-0.05, 0) is 57.7 Å². The minimum atomic E-state index is -0.190. The zero-order valence-corrected chi connectivity index (χ0v) is 13.8. The van der Waals surface area contributed by atoms with Gasteiger partial charge >= 0.3 is 0 Å². The fraction of sp³-hybridized carbons (Fsp3) is 0.647. The van der Waals surface area contributed by atoms with Crippen LogP contribution in [0.25, 0.3) is 0 Å². The van der Waals surface area contributed by atoms with Crippen LogP contribution in [0.5, 0.6) is 0 Å². The van der Waals surface area contributed by atoms with Gasteiger partial charge < -0.3 is 10.6 Å². The smallest absolute Gasteiger partial charge is 0.123 e. The van der Waals surface area contributed by atoms with Crippen LogP contribution < -0.4 is 5.73 Å². The summed E-state index contributed by atoms with van der Waals surface area (Å²) in [5.41, 5.74) is 7.32. The Hall–Kier alpha value is -0.970. The molecule has 1 rings (SSSR count). The summed E-state index contributed by atoms with van der Waals surface area (Å²) in [4.78, 5) is 4.55. The maximum absolute atomic E-state index is 13.6. The summed E-state index contributed by atoms with van der Waals surface area (Å²) in [5.74, 6) is -0.190. The van der Waals surface area contributed by atoms with Crippen molar-refractivity contribution in [3.05, 3.63) is 35.6 Å². The maximum Gasteiger partial charge on any atom is 0.123 e. The lowest BCUT2D eigenvalue weighted by Crippen LogP contribution is -2.41. The largest absolute Gasteiger partial charge is 0.326 e. The zero-order valence-electron chi connectivity index (χ0n) is 13.8.